The second-order valence-corrected chi connectivity index (χ2v) is 7.00. The number of H-pyrrole nitrogens is 1. The van der Waals surface area contributed by atoms with E-state index >= 15 is 0 Å². The lowest BCUT2D eigenvalue weighted by molar-refractivity contribution is 0.0784. The van der Waals surface area contributed by atoms with Crippen LogP contribution in [-0.2, 0) is 16.4 Å². The zero-order valence-electron chi connectivity index (χ0n) is 12.1. The predicted octanol–water partition coefficient (Wildman–Crippen LogP) is 1.39. The van der Waals surface area contributed by atoms with Crippen molar-refractivity contribution < 1.29 is 13.2 Å². The number of amides is 1. The summed E-state index contributed by atoms with van der Waals surface area (Å²) in [6.45, 7) is 2.29. The van der Waals surface area contributed by atoms with Gasteiger partial charge in [0.15, 0.2) is 9.84 Å². The van der Waals surface area contributed by atoms with E-state index in [-0.39, 0.29) is 10.8 Å². The smallest absolute Gasteiger partial charge is 0.253 e. The average molecular weight is 307 g/mol. The van der Waals surface area contributed by atoms with E-state index in [4.69, 9.17) is 0 Å². The summed E-state index contributed by atoms with van der Waals surface area (Å²) in [7, 11) is -1.66. The number of aromatic amines is 1. The summed E-state index contributed by atoms with van der Waals surface area (Å²) >= 11 is 0. The van der Waals surface area contributed by atoms with Crippen molar-refractivity contribution in [2.75, 3.05) is 13.3 Å². The van der Waals surface area contributed by atoms with Crippen molar-refractivity contribution in [3.05, 3.63) is 47.3 Å². The summed E-state index contributed by atoms with van der Waals surface area (Å²) in [6.07, 6.45) is 2.79. The van der Waals surface area contributed by atoms with Crippen LogP contribution in [0.5, 0.6) is 0 Å². The first-order valence-electron chi connectivity index (χ1n) is 6.33. The maximum absolute atomic E-state index is 12.4. The van der Waals surface area contributed by atoms with Crippen LogP contribution in [-0.4, -0.2) is 42.7 Å². The minimum Gasteiger partial charge on any atom is -0.337 e. The second kappa shape index (κ2) is 5.69. The molecule has 0 aliphatic carbocycles. The Morgan fingerprint density at radius 3 is 2.67 bits per heavy atom. The first kappa shape index (κ1) is 15.2. The fourth-order valence-corrected chi connectivity index (χ4v) is 2.61. The molecule has 112 valence electrons. The number of carbonyl (C=O) groups is 1. The van der Waals surface area contributed by atoms with Gasteiger partial charge in [0, 0.05) is 36.7 Å². The number of hydrogen-bond acceptors (Lipinski definition) is 4. The Morgan fingerprint density at radius 2 is 2.10 bits per heavy atom. The number of aryl methyl sites for hydroxylation is 1. The molecule has 0 radical (unpaired) electrons. The third-order valence-electron chi connectivity index (χ3n) is 3.20. The number of carbonyl (C=O) groups excluding carboxylic acids is 1. The zero-order chi connectivity index (χ0) is 15.6. The van der Waals surface area contributed by atoms with Crippen LogP contribution in [0.25, 0.3) is 0 Å². The minimum atomic E-state index is -3.33. The van der Waals surface area contributed by atoms with Gasteiger partial charge in [0.25, 0.3) is 5.91 Å². The van der Waals surface area contributed by atoms with E-state index < -0.39 is 9.84 Å². The lowest BCUT2D eigenvalue weighted by Gasteiger charge is -2.17. The molecule has 1 heterocycles. The van der Waals surface area contributed by atoms with Crippen molar-refractivity contribution in [1.82, 2.24) is 15.1 Å². The maximum atomic E-state index is 12.4. The van der Waals surface area contributed by atoms with Crippen LogP contribution in [0.2, 0.25) is 0 Å². The zero-order valence-corrected chi connectivity index (χ0v) is 12.9. The quantitative estimate of drug-likeness (QED) is 0.925. The van der Waals surface area contributed by atoms with Gasteiger partial charge in [0.2, 0.25) is 0 Å². The highest BCUT2D eigenvalue weighted by Gasteiger charge is 2.16. The Hall–Kier alpha value is -2.15. The Labute approximate surface area is 123 Å². The molecular weight excluding hydrogens is 290 g/mol. The molecule has 1 aromatic carbocycles. The van der Waals surface area contributed by atoms with Gasteiger partial charge in [-0.2, -0.15) is 5.10 Å². The summed E-state index contributed by atoms with van der Waals surface area (Å²) in [4.78, 5) is 14.0. The topological polar surface area (TPSA) is 83.1 Å². The largest absolute Gasteiger partial charge is 0.337 e. The molecule has 6 nitrogen and oxygen atoms in total. The fraction of sp³-hybridized carbons (Fsp3) is 0.286. The molecule has 0 atom stereocenters. The normalized spacial score (nSPS) is 11.4. The highest BCUT2D eigenvalue weighted by Crippen LogP contribution is 2.14. The Bertz CT molecular complexity index is 765. The first-order valence-corrected chi connectivity index (χ1v) is 8.22. The van der Waals surface area contributed by atoms with E-state index in [0.29, 0.717) is 12.1 Å². The van der Waals surface area contributed by atoms with Gasteiger partial charge in [-0.3, -0.25) is 9.89 Å². The number of rotatable bonds is 4. The lowest BCUT2D eigenvalue weighted by Crippen LogP contribution is -2.26. The molecule has 7 heteroatoms. The molecule has 0 saturated carbocycles. The molecular formula is C14H17N3O3S. The van der Waals surface area contributed by atoms with E-state index in [1.165, 1.54) is 17.0 Å². The second-order valence-electron chi connectivity index (χ2n) is 4.98. The molecule has 0 aliphatic heterocycles. The van der Waals surface area contributed by atoms with Crippen molar-refractivity contribution in [1.29, 1.82) is 0 Å². The summed E-state index contributed by atoms with van der Waals surface area (Å²) in [5, 5.41) is 6.73. The number of benzene rings is 1. The monoisotopic (exact) mass is 307 g/mol. The average Bonchev–Trinajstić information content (AvgIpc) is 2.82. The van der Waals surface area contributed by atoms with Crippen LogP contribution in [0.15, 0.2) is 35.4 Å². The molecule has 21 heavy (non-hydrogen) atoms. The summed E-state index contributed by atoms with van der Waals surface area (Å²) in [5.41, 5.74) is 2.17. The van der Waals surface area contributed by atoms with Crippen LogP contribution in [0.3, 0.4) is 0 Å². The summed E-state index contributed by atoms with van der Waals surface area (Å²) in [6, 6.07) is 6.05. The third kappa shape index (κ3) is 3.49. The summed E-state index contributed by atoms with van der Waals surface area (Å²) < 4.78 is 23.1. The minimum absolute atomic E-state index is 0.140. The van der Waals surface area contributed by atoms with Gasteiger partial charge >= 0.3 is 0 Å². The Kier molecular flexibility index (Phi) is 4.13. The molecule has 1 aromatic heterocycles. The predicted molar refractivity (Wildman–Crippen MR) is 78.7 cm³/mol. The van der Waals surface area contributed by atoms with Crippen molar-refractivity contribution in [3.63, 3.8) is 0 Å². The van der Waals surface area contributed by atoms with Crippen molar-refractivity contribution in [3.8, 4) is 0 Å². The fourth-order valence-electron chi connectivity index (χ4n) is 1.94. The van der Waals surface area contributed by atoms with E-state index in [0.717, 1.165) is 17.5 Å². The van der Waals surface area contributed by atoms with E-state index in [1.807, 2.05) is 6.92 Å². The number of hydrogen-bond donors (Lipinski definition) is 1. The SMILES string of the molecule is Cc1[nH]ncc1CN(C)C(=O)c1cccc(S(C)(=O)=O)c1. The van der Waals surface area contributed by atoms with Gasteiger partial charge in [0.05, 0.1) is 11.1 Å². The van der Waals surface area contributed by atoms with Gasteiger partial charge in [0.1, 0.15) is 0 Å². The molecule has 0 spiro atoms. The molecule has 1 amide bonds. The van der Waals surface area contributed by atoms with Crippen LogP contribution in [0.1, 0.15) is 21.6 Å². The molecule has 1 N–H and O–H groups in total. The number of sulfone groups is 1. The van der Waals surface area contributed by atoms with Crippen LogP contribution in [0, 0.1) is 6.92 Å². The van der Waals surface area contributed by atoms with Gasteiger partial charge in [-0.1, -0.05) is 6.07 Å². The molecule has 0 unspecified atom stereocenters. The summed E-state index contributed by atoms with van der Waals surface area (Å²) in [5.74, 6) is -0.235. The van der Waals surface area contributed by atoms with Crippen LogP contribution in [0.4, 0.5) is 0 Å². The number of aromatic nitrogens is 2. The Morgan fingerprint density at radius 1 is 1.38 bits per heavy atom. The molecule has 0 aliphatic rings. The van der Waals surface area contributed by atoms with Crippen LogP contribution < -0.4 is 0 Å². The van der Waals surface area contributed by atoms with Crippen molar-refractivity contribution in [2.24, 2.45) is 0 Å². The van der Waals surface area contributed by atoms with Crippen molar-refractivity contribution >= 4 is 15.7 Å². The van der Waals surface area contributed by atoms with E-state index in [2.05, 4.69) is 10.2 Å². The van der Waals surface area contributed by atoms with Gasteiger partial charge < -0.3 is 4.90 Å². The third-order valence-corrected chi connectivity index (χ3v) is 4.31. The lowest BCUT2D eigenvalue weighted by atomic mass is 10.2. The number of nitrogens with one attached hydrogen (secondary N) is 1. The van der Waals surface area contributed by atoms with Crippen LogP contribution >= 0.6 is 0 Å². The van der Waals surface area contributed by atoms with Gasteiger partial charge in [-0.15, -0.1) is 0 Å². The molecule has 0 fully saturated rings. The number of nitrogens with zero attached hydrogens (tertiary/aromatic N) is 2. The molecule has 2 rings (SSSR count). The first-order chi connectivity index (χ1) is 9.79. The Balaban J connectivity index is 2.22. The van der Waals surface area contributed by atoms with Crippen molar-refractivity contribution in [2.45, 2.75) is 18.4 Å². The van der Waals surface area contributed by atoms with E-state index in [9.17, 15) is 13.2 Å². The highest BCUT2D eigenvalue weighted by molar-refractivity contribution is 7.90. The standard InChI is InChI=1S/C14H17N3O3S/c1-10-12(8-15-16-10)9-17(2)14(18)11-5-4-6-13(7-11)21(3,19)20/h4-8H,9H2,1-3H3,(H,15,16). The maximum Gasteiger partial charge on any atom is 0.253 e. The molecule has 0 saturated heterocycles. The van der Waals surface area contributed by atoms with E-state index in [1.54, 1.807) is 25.4 Å². The molecule has 2 aromatic rings. The highest BCUT2D eigenvalue weighted by atomic mass is 32.2. The molecule has 0 bridgehead atoms. The van der Waals surface area contributed by atoms with Gasteiger partial charge in [-0.25, -0.2) is 8.42 Å². The van der Waals surface area contributed by atoms with Gasteiger partial charge in [-0.05, 0) is 25.1 Å².